The largest absolute Gasteiger partial charge is 0.481 e. The van der Waals surface area contributed by atoms with Gasteiger partial charge >= 0.3 is 29.8 Å². The second kappa shape index (κ2) is 42.2. The average molecular weight is 1200 g/mol. The van der Waals surface area contributed by atoms with Gasteiger partial charge in [0.15, 0.2) is 11.8 Å². The van der Waals surface area contributed by atoms with Crippen LogP contribution in [0.25, 0.3) is 0 Å². The number of hydrogen-bond donors (Lipinski definition) is 13. The Morgan fingerprint density at radius 1 is 0.368 bits per heavy atom. The van der Waals surface area contributed by atoms with Crippen molar-refractivity contribution in [3.05, 3.63) is 0 Å². The van der Waals surface area contributed by atoms with Crippen molar-refractivity contribution in [2.75, 3.05) is 13.6 Å². The molecular formula is C49H81IN8O18. The van der Waals surface area contributed by atoms with Gasteiger partial charge in [0.05, 0.1) is 6.04 Å². The molecule has 0 aromatic carbocycles. The Balaban J connectivity index is 4.66. The van der Waals surface area contributed by atoms with Crippen LogP contribution in [0.3, 0.4) is 0 Å². The lowest BCUT2D eigenvalue weighted by Crippen LogP contribution is -2.53. The molecule has 0 rings (SSSR count). The molecule has 13 N–H and O–H groups in total. The van der Waals surface area contributed by atoms with Crippen LogP contribution in [0.2, 0.25) is 0 Å². The first kappa shape index (κ1) is 70.0. The summed E-state index contributed by atoms with van der Waals surface area (Å²) in [6.45, 7) is 1.32. The van der Waals surface area contributed by atoms with E-state index in [2.05, 4.69) is 40.7 Å². The fourth-order valence-corrected chi connectivity index (χ4v) is 8.24. The maximum Gasteiger partial charge on any atom is 0.326 e. The van der Waals surface area contributed by atoms with Gasteiger partial charge < -0.3 is 62.8 Å². The lowest BCUT2D eigenvalue weighted by atomic mass is 10.0. The minimum atomic E-state index is -1.66. The molecule has 0 aliphatic rings. The van der Waals surface area contributed by atoms with Crippen molar-refractivity contribution in [3.63, 3.8) is 0 Å². The summed E-state index contributed by atoms with van der Waals surface area (Å²) in [4.78, 5) is 157. The summed E-state index contributed by atoms with van der Waals surface area (Å²) in [5.74, 6) is -12.3. The smallest absolute Gasteiger partial charge is 0.326 e. The molecule has 0 fully saturated rings. The third-order valence-electron chi connectivity index (χ3n) is 12.1. The van der Waals surface area contributed by atoms with Crippen LogP contribution in [-0.2, 0) is 62.3 Å². The third kappa shape index (κ3) is 35.3. The fraction of sp³-hybridized carbons (Fsp3) is 0.735. The number of nitrogens with one attached hydrogen (secondary N) is 8. The molecule has 0 radical (unpaired) electrons. The molecule has 0 saturated carbocycles. The highest BCUT2D eigenvalue weighted by Crippen LogP contribution is 2.15. The highest BCUT2D eigenvalue weighted by atomic mass is 127. The van der Waals surface area contributed by atoms with Gasteiger partial charge in [-0.05, 0) is 64.7 Å². The van der Waals surface area contributed by atoms with Crippen molar-refractivity contribution in [1.29, 1.82) is 0 Å². The monoisotopic (exact) mass is 1200 g/mol. The Labute approximate surface area is 456 Å². The molecular weight excluding hydrogens is 1120 g/mol. The quantitative estimate of drug-likeness (QED) is 0.0180. The van der Waals surface area contributed by atoms with Gasteiger partial charge in [-0.25, -0.2) is 22.7 Å². The van der Waals surface area contributed by atoms with Gasteiger partial charge in [-0.1, -0.05) is 77.0 Å². The summed E-state index contributed by atoms with van der Waals surface area (Å²) in [6, 6.07) is -8.37. The molecule has 6 atom stereocenters. The highest BCUT2D eigenvalue weighted by molar-refractivity contribution is 14.1. The molecule has 26 nitrogen and oxygen atoms in total. The van der Waals surface area contributed by atoms with Crippen LogP contribution in [0, 0.1) is 0 Å². The Bertz CT molecular complexity index is 1910. The first-order valence-electron chi connectivity index (χ1n) is 26.0. The van der Waals surface area contributed by atoms with Gasteiger partial charge in [0.1, 0.15) is 24.2 Å². The van der Waals surface area contributed by atoms with Crippen molar-refractivity contribution < 1.29 is 87.9 Å². The number of amides is 7. The molecule has 27 heteroatoms. The molecule has 0 aliphatic carbocycles. The molecule has 0 unspecified atom stereocenters. The zero-order chi connectivity index (χ0) is 57.4. The van der Waals surface area contributed by atoms with E-state index in [-0.39, 0.29) is 45.1 Å². The van der Waals surface area contributed by atoms with Crippen molar-refractivity contribution in [2.45, 2.75) is 217 Å². The van der Waals surface area contributed by atoms with Gasteiger partial charge in [-0.15, -0.1) is 0 Å². The Morgan fingerprint density at radius 2 is 0.697 bits per heavy atom. The topological polar surface area (TPSA) is 419 Å². The summed E-state index contributed by atoms with van der Waals surface area (Å²) in [6.07, 6.45) is 11.7. The molecule has 0 aromatic heterocycles. The first-order chi connectivity index (χ1) is 36.0. The van der Waals surface area contributed by atoms with Crippen molar-refractivity contribution in [2.24, 2.45) is 0 Å². The SMILES string of the molecule is CNC(=O)[C@@H](NC(=O)[C@H](CCCCNC(=O)CC[C@H](NC(=O)CC[C@H](NC(=O)CC[C@H](NC(=O)CC[C@H](NC(=O)CCCCCCCCCCCCCCCCC(=O)O)C(=O)O)C(=O)O)C(=O)O)C(=O)O)NI)C(C)=O. The maximum atomic E-state index is 12.7. The average Bonchev–Trinajstić information content (AvgIpc) is 3.35. The van der Waals surface area contributed by atoms with E-state index in [1.165, 1.54) is 13.5 Å². The third-order valence-corrected chi connectivity index (χ3v) is 12.9. The van der Waals surface area contributed by atoms with Crippen molar-refractivity contribution >= 4 is 99.8 Å². The molecule has 0 aromatic rings. The molecule has 7 amide bonds. The molecule has 0 heterocycles. The number of carbonyl (C=O) groups is 13. The van der Waals surface area contributed by atoms with E-state index in [1.807, 2.05) is 0 Å². The molecule has 432 valence electrons. The van der Waals surface area contributed by atoms with E-state index in [1.54, 1.807) is 22.9 Å². The summed E-state index contributed by atoms with van der Waals surface area (Å²) in [7, 11) is 1.32. The number of hydrogen-bond acceptors (Lipinski definition) is 14. The normalized spacial score (nSPS) is 13.2. The molecule has 0 saturated heterocycles. The second-order valence-corrected chi connectivity index (χ2v) is 19.1. The van der Waals surface area contributed by atoms with Crippen LogP contribution in [0.5, 0.6) is 0 Å². The first-order valence-corrected chi connectivity index (χ1v) is 27.1. The lowest BCUT2D eigenvalue weighted by molar-refractivity contribution is -0.144. The number of aliphatic carboxylic acids is 5. The minimum absolute atomic E-state index is 0.0878. The van der Waals surface area contributed by atoms with E-state index in [4.69, 9.17) is 5.11 Å². The summed E-state index contributed by atoms with van der Waals surface area (Å²) in [5, 5.41) is 63.5. The zero-order valence-corrected chi connectivity index (χ0v) is 45.8. The number of carboxylic acids is 5. The Hall–Kier alpha value is -6.00. The standard InChI is InChI=1S/C49H81IN8O18/c1-31(59)43(45(68)51-2)57-44(67)32(58-50)19-17-18-30-52-37(60)26-22-33(46(69)70)54-39(62)28-24-35(48(73)74)56-41(64)29-25-36(49(75)76)55-40(63)27-23-34(47(71)72)53-38(61)20-15-13-11-9-7-5-3-4-6-8-10-12-14-16-21-42(65)66/h32-36,43,58H,3-30H2,1-2H3,(H,51,68)(H,52,60)(H,53,61)(H,54,62)(H,55,63)(H,56,64)(H,57,67)(H,65,66)(H,69,70)(H,71,72)(H,73,74)(H,75,76)/t32-,33-,34-,35-,36-,43-/m0/s1. The number of likely N-dealkylation sites (N-methyl/N-ethyl adjacent to an activating group) is 1. The lowest BCUT2D eigenvalue weighted by Gasteiger charge is -2.19. The van der Waals surface area contributed by atoms with E-state index < -0.39 is 145 Å². The predicted octanol–water partition coefficient (Wildman–Crippen LogP) is 2.13. The van der Waals surface area contributed by atoms with Crippen LogP contribution in [-0.4, -0.2) is 152 Å². The van der Waals surface area contributed by atoms with Gasteiger partial charge in [-0.3, -0.25) is 43.2 Å². The van der Waals surface area contributed by atoms with Gasteiger partial charge in [0.25, 0.3) is 0 Å². The molecule has 76 heavy (non-hydrogen) atoms. The van der Waals surface area contributed by atoms with Crippen LogP contribution < -0.4 is 40.7 Å². The van der Waals surface area contributed by atoms with Crippen LogP contribution in [0.15, 0.2) is 0 Å². The predicted molar refractivity (Wildman–Crippen MR) is 281 cm³/mol. The fourth-order valence-electron chi connectivity index (χ4n) is 7.64. The van der Waals surface area contributed by atoms with Crippen molar-refractivity contribution in [3.8, 4) is 0 Å². The van der Waals surface area contributed by atoms with Crippen LogP contribution in [0.1, 0.15) is 180 Å². The number of Topliss-reactive ketones (excluding diaryl/α,β-unsaturated/α-hetero) is 1. The minimum Gasteiger partial charge on any atom is -0.481 e. The van der Waals surface area contributed by atoms with Gasteiger partial charge in [-0.2, -0.15) is 0 Å². The second-order valence-electron chi connectivity index (χ2n) is 18.5. The molecule has 0 bridgehead atoms. The van der Waals surface area contributed by atoms with Crippen LogP contribution >= 0.6 is 22.9 Å². The van der Waals surface area contributed by atoms with Crippen molar-refractivity contribution in [1.82, 2.24) is 40.7 Å². The van der Waals surface area contributed by atoms with Crippen LogP contribution in [0.4, 0.5) is 0 Å². The Kier molecular flexibility index (Phi) is 38.8. The Morgan fingerprint density at radius 3 is 1.01 bits per heavy atom. The number of carbonyl (C=O) groups excluding carboxylic acids is 8. The summed E-state index contributed by atoms with van der Waals surface area (Å²) >= 11 is 1.76. The van der Waals surface area contributed by atoms with E-state index in [0.29, 0.717) is 19.3 Å². The molecule has 0 aliphatic heterocycles. The number of carboxylic acid groups (broad SMARTS) is 5. The highest BCUT2D eigenvalue weighted by Gasteiger charge is 2.29. The maximum absolute atomic E-state index is 12.7. The number of rotatable bonds is 47. The summed E-state index contributed by atoms with van der Waals surface area (Å²) < 4.78 is 2.77. The molecule has 0 spiro atoms. The zero-order valence-electron chi connectivity index (χ0n) is 43.7. The summed E-state index contributed by atoms with van der Waals surface area (Å²) in [5.41, 5.74) is 0. The van der Waals surface area contributed by atoms with E-state index in [0.717, 1.165) is 84.0 Å². The van der Waals surface area contributed by atoms with E-state index >= 15 is 0 Å². The van der Waals surface area contributed by atoms with Gasteiger partial charge in [0, 0.05) is 75.0 Å². The number of unbranched alkanes of at least 4 members (excludes halogenated alkanes) is 14. The van der Waals surface area contributed by atoms with E-state index in [9.17, 15) is 82.8 Å². The number of ketones is 1. The number of halogens is 1. The van der Waals surface area contributed by atoms with Gasteiger partial charge in [0.2, 0.25) is 41.4 Å².